The van der Waals surface area contributed by atoms with Crippen molar-refractivity contribution in [1.29, 1.82) is 0 Å². The normalized spacial score (nSPS) is 14.6. The molecule has 0 aliphatic heterocycles. The average molecular weight is 278 g/mol. The molecular formula is C11H13F3N2O3. The minimum atomic E-state index is -4.52. The maximum atomic E-state index is 12.4. The lowest BCUT2D eigenvalue weighted by Gasteiger charge is -2.29. The zero-order valence-electron chi connectivity index (χ0n) is 9.98. The molecule has 0 spiro atoms. The summed E-state index contributed by atoms with van der Waals surface area (Å²) >= 11 is 0. The number of carboxylic acid groups (broad SMARTS) is 1. The fraction of sp³-hybridized carbons (Fsp3) is 0.636. The van der Waals surface area contributed by atoms with E-state index in [1.165, 1.54) is 0 Å². The highest BCUT2D eigenvalue weighted by molar-refractivity contribution is 5.81. The first-order valence-electron chi connectivity index (χ1n) is 5.52. The predicted octanol–water partition coefficient (Wildman–Crippen LogP) is 1.15. The highest BCUT2D eigenvalue weighted by Gasteiger charge is 2.42. The number of carbonyl (C=O) groups is 2. The van der Waals surface area contributed by atoms with Crippen LogP contribution in [0.3, 0.4) is 0 Å². The molecule has 106 valence electrons. The van der Waals surface area contributed by atoms with Crippen LogP contribution in [0.25, 0.3) is 0 Å². The van der Waals surface area contributed by atoms with Crippen molar-refractivity contribution in [2.45, 2.75) is 25.1 Å². The van der Waals surface area contributed by atoms with Crippen molar-refractivity contribution in [3.63, 3.8) is 0 Å². The quantitative estimate of drug-likeness (QED) is 0.767. The van der Waals surface area contributed by atoms with E-state index >= 15 is 0 Å². The highest BCUT2D eigenvalue weighted by Crippen LogP contribution is 2.30. The Morgan fingerprint density at radius 3 is 2.32 bits per heavy atom. The number of urea groups is 1. The van der Waals surface area contributed by atoms with E-state index in [4.69, 9.17) is 11.5 Å². The molecule has 0 aromatic rings. The minimum absolute atomic E-state index is 0.341. The van der Waals surface area contributed by atoms with Gasteiger partial charge < -0.3 is 14.9 Å². The summed E-state index contributed by atoms with van der Waals surface area (Å²) in [7, 11) is 0. The predicted molar refractivity (Wildman–Crippen MR) is 59.2 cm³/mol. The van der Waals surface area contributed by atoms with Gasteiger partial charge in [0.2, 0.25) is 0 Å². The lowest BCUT2D eigenvalue weighted by atomic mass is 10.4. The Kier molecular flexibility index (Phi) is 4.64. The van der Waals surface area contributed by atoms with E-state index in [0.29, 0.717) is 22.6 Å². The summed E-state index contributed by atoms with van der Waals surface area (Å²) in [4.78, 5) is 23.9. The Balaban J connectivity index is 2.78. The molecule has 8 heteroatoms. The molecule has 19 heavy (non-hydrogen) atoms. The van der Waals surface area contributed by atoms with Crippen LogP contribution in [0.1, 0.15) is 12.8 Å². The zero-order valence-corrected chi connectivity index (χ0v) is 9.98. The largest absolute Gasteiger partial charge is 0.480 e. The lowest BCUT2D eigenvalue weighted by molar-refractivity contribution is -0.142. The number of amides is 2. The molecule has 1 fully saturated rings. The number of nitrogens with zero attached hydrogens (tertiary/aromatic N) is 2. The second-order valence-electron chi connectivity index (χ2n) is 4.21. The van der Waals surface area contributed by atoms with Crippen LogP contribution in [0.15, 0.2) is 0 Å². The SMILES string of the molecule is C#CCN(CC(=O)O)C(=O)N(CC(F)(F)F)C1CC1. The standard InChI is InChI=1S/C11H13F3N2O3/c1-2-5-15(6-9(17)18)10(19)16(8-3-4-8)7-11(12,13)14/h1,8H,3-7H2,(H,17,18). The van der Waals surface area contributed by atoms with E-state index in [-0.39, 0.29) is 6.54 Å². The van der Waals surface area contributed by atoms with Gasteiger partial charge in [0.25, 0.3) is 0 Å². The molecular weight excluding hydrogens is 265 g/mol. The molecule has 1 N–H and O–H groups in total. The Hall–Kier alpha value is -1.91. The average Bonchev–Trinajstić information content (AvgIpc) is 3.06. The Morgan fingerprint density at radius 1 is 1.37 bits per heavy atom. The maximum absolute atomic E-state index is 12.4. The molecule has 0 aromatic carbocycles. The van der Waals surface area contributed by atoms with Crippen molar-refractivity contribution in [3.8, 4) is 12.3 Å². The molecule has 0 bridgehead atoms. The van der Waals surface area contributed by atoms with Crippen LogP contribution in [-0.2, 0) is 4.79 Å². The van der Waals surface area contributed by atoms with Crippen LogP contribution < -0.4 is 0 Å². The van der Waals surface area contributed by atoms with Gasteiger partial charge in [0, 0.05) is 6.04 Å². The number of carboxylic acids is 1. The maximum Gasteiger partial charge on any atom is 0.406 e. The Morgan fingerprint density at radius 2 is 1.95 bits per heavy atom. The molecule has 5 nitrogen and oxygen atoms in total. The number of carbonyl (C=O) groups excluding carboxylic acids is 1. The monoisotopic (exact) mass is 278 g/mol. The Bertz CT molecular complexity index is 399. The minimum Gasteiger partial charge on any atom is -0.480 e. The molecule has 0 heterocycles. The first kappa shape index (κ1) is 15.1. The molecule has 0 radical (unpaired) electrons. The van der Waals surface area contributed by atoms with Crippen molar-refractivity contribution >= 4 is 12.0 Å². The first-order chi connectivity index (χ1) is 8.74. The van der Waals surface area contributed by atoms with Gasteiger partial charge >= 0.3 is 18.2 Å². The molecule has 0 unspecified atom stereocenters. The van der Waals surface area contributed by atoms with E-state index in [9.17, 15) is 22.8 Å². The summed E-state index contributed by atoms with van der Waals surface area (Å²) in [6.45, 7) is -2.45. The van der Waals surface area contributed by atoms with Gasteiger partial charge in [-0.25, -0.2) is 4.79 Å². The molecule has 1 aliphatic carbocycles. The first-order valence-corrected chi connectivity index (χ1v) is 5.52. The van der Waals surface area contributed by atoms with Crippen molar-refractivity contribution in [2.24, 2.45) is 0 Å². The van der Waals surface area contributed by atoms with E-state index in [2.05, 4.69) is 5.92 Å². The number of terminal acetylenes is 1. The second kappa shape index (κ2) is 5.82. The molecule has 0 saturated heterocycles. The van der Waals surface area contributed by atoms with Crippen LogP contribution in [0.2, 0.25) is 0 Å². The fourth-order valence-electron chi connectivity index (χ4n) is 1.58. The molecule has 0 aromatic heterocycles. The van der Waals surface area contributed by atoms with E-state index in [1.807, 2.05) is 0 Å². The lowest BCUT2D eigenvalue weighted by Crippen LogP contribution is -2.49. The number of halogens is 3. The summed E-state index contributed by atoms with van der Waals surface area (Å²) in [5, 5.41) is 8.62. The number of aliphatic carboxylic acids is 1. The van der Waals surface area contributed by atoms with Gasteiger partial charge in [-0.05, 0) is 12.8 Å². The van der Waals surface area contributed by atoms with Crippen LogP contribution in [-0.4, -0.2) is 58.8 Å². The van der Waals surface area contributed by atoms with Gasteiger partial charge in [0.05, 0.1) is 6.54 Å². The summed E-state index contributed by atoms with van der Waals surface area (Å²) in [5.74, 6) is 0.738. The van der Waals surface area contributed by atoms with E-state index in [0.717, 1.165) is 0 Å². The molecule has 0 atom stereocenters. The van der Waals surface area contributed by atoms with E-state index in [1.54, 1.807) is 0 Å². The number of alkyl halides is 3. The van der Waals surface area contributed by atoms with Gasteiger partial charge in [-0.15, -0.1) is 6.42 Å². The summed E-state index contributed by atoms with van der Waals surface area (Å²) in [5.41, 5.74) is 0. The number of rotatable bonds is 5. The van der Waals surface area contributed by atoms with Crippen LogP contribution in [0, 0.1) is 12.3 Å². The van der Waals surface area contributed by atoms with Crippen LogP contribution >= 0.6 is 0 Å². The summed E-state index contributed by atoms with van der Waals surface area (Å²) in [6.07, 6.45) is 1.43. The molecule has 1 rings (SSSR count). The van der Waals surface area contributed by atoms with Crippen LogP contribution in [0.4, 0.5) is 18.0 Å². The third kappa shape index (κ3) is 5.07. The third-order valence-corrected chi connectivity index (χ3v) is 2.46. The highest BCUT2D eigenvalue weighted by atomic mass is 19.4. The Labute approximate surface area is 108 Å². The summed E-state index contributed by atoms with van der Waals surface area (Å²) < 4.78 is 37.2. The van der Waals surface area contributed by atoms with Gasteiger partial charge in [0.15, 0.2) is 0 Å². The molecule has 1 aliphatic rings. The second-order valence-corrected chi connectivity index (χ2v) is 4.21. The zero-order chi connectivity index (χ0) is 14.6. The van der Waals surface area contributed by atoms with E-state index < -0.39 is 37.3 Å². The smallest absolute Gasteiger partial charge is 0.406 e. The van der Waals surface area contributed by atoms with Gasteiger partial charge in [-0.2, -0.15) is 13.2 Å². The topological polar surface area (TPSA) is 60.9 Å². The number of hydrogen-bond donors (Lipinski definition) is 1. The van der Waals surface area contributed by atoms with Crippen molar-refractivity contribution in [3.05, 3.63) is 0 Å². The third-order valence-electron chi connectivity index (χ3n) is 2.46. The fourth-order valence-corrected chi connectivity index (χ4v) is 1.58. The summed E-state index contributed by atoms with van der Waals surface area (Å²) in [6, 6.07) is -1.47. The van der Waals surface area contributed by atoms with Crippen molar-refractivity contribution in [1.82, 2.24) is 9.80 Å². The molecule has 2 amide bonds. The van der Waals surface area contributed by atoms with Crippen molar-refractivity contribution < 1.29 is 27.9 Å². The van der Waals surface area contributed by atoms with Gasteiger partial charge in [-0.1, -0.05) is 5.92 Å². The van der Waals surface area contributed by atoms with Crippen molar-refractivity contribution in [2.75, 3.05) is 19.6 Å². The van der Waals surface area contributed by atoms with Gasteiger partial charge in [-0.3, -0.25) is 4.79 Å². The molecule has 1 saturated carbocycles. The number of hydrogen-bond acceptors (Lipinski definition) is 2. The van der Waals surface area contributed by atoms with Crippen LogP contribution in [0.5, 0.6) is 0 Å². The van der Waals surface area contributed by atoms with Gasteiger partial charge in [0.1, 0.15) is 13.1 Å².